The van der Waals surface area contributed by atoms with Crippen molar-refractivity contribution in [3.05, 3.63) is 0 Å². The largest absolute Gasteiger partial charge is 0.316 e. The fourth-order valence-corrected chi connectivity index (χ4v) is 2.81. The highest BCUT2D eigenvalue weighted by molar-refractivity contribution is 4.93. The molecule has 88 valence electrons. The highest BCUT2D eigenvalue weighted by Crippen LogP contribution is 2.47. The van der Waals surface area contributed by atoms with Crippen LogP contribution in [0.3, 0.4) is 0 Å². The summed E-state index contributed by atoms with van der Waals surface area (Å²) in [5, 5.41) is 3.70. The quantitative estimate of drug-likeness (QED) is 0.747. The van der Waals surface area contributed by atoms with Crippen LogP contribution in [-0.4, -0.2) is 38.1 Å². The molecule has 0 aromatic heterocycles. The molecule has 1 aliphatic carbocycles. The van der Waals surface area contributed by atoms with Gasteiger partial charge >= 0.3 is 0 Å². The maximum atomic E-state index is 3.70. The molecular weight excluding hydrogens is 184 g/mol. The van der Waals surface area contributed by atoms with Gasteiger partial charge in [-0.3, -0.25) is 0 Å². The topological polar surface area (TPSA) is 15.3 Å². The van der Waals surface area contributed by atoms with E-state index in [-0.39, 0.29) is 0 Å². The number of hydrogen-bond acceptors (Lipinski definition) is 2. The van der Waals surface area contributed by atoms with Crippen LogP contribution in [0.4, 0.5) is 0 Å². The lowest BCUT2D eigenvalue weighted by molar-refractivity contribution is 0.204. The van der Waals surface area contributed by atoms with E-state index in [1.165, 1.54) is 58.3 Å². The van der Waals surface area contributed by atoms with Crippen LogP contribution in [0.2, 0.25) is 0 Å². The highest BCUT2D eigenvalue weighted by Gasteiger charge is 2.39. The molecular formula is C13H26N2. The van der Waals surface area contributed by atoms with Crippen molar-refractivity contribution < 1.29 is 0 Å². The smallest absolute Gasteiger partial charge is 0.00187 e. The van der Waals surface area contributed by atoms with Crippen LogP contribution in [0.25, 0.3) is 0 Å². The first-order chi connectivity index (χ1) is 7.24. The van der Waals surface area contributed by atoms with Crippen molar-refractivity contribution in [3.8, 4) is 0 Å². The second-order valence-electron chi connectivity index (χ2n) is 5.75. The lowest BCUT2D eigenvalue weighted by Gasteiger charge is -2.30. The maximum Gasteiger partial charge on any atom is 0.00187 e. The first-order valence-electron chi connectivity index (χ1n) is 6.63. The third-order valence-electron chi connectivity index (χ3n) is 4.36. The zero-order valence-electron chi connectivity index (χ0n) is 10.4. The predicted octanol–water partition coefficient (Wildman–Crippen LogP) is 2.11. The molecule has 1 aliphatic heterocycles. The van der Waals surface area contributed by atoms with E-state index in [1.807, 2.05) is 0 Å². The Balaban J connectivity index is 1.61. The van der Waals surface area contributed by atoms with Gasteiger partial charge in [0, 0.05) is 13.1 Å². The van der Waals surface area contributed by atoms with Crippen LogP contribution in [-0.2, 0) is 0 Å². The molecule has 0 aromatic rings. The Morgan fingerprint density at radius 2 is 2.20 bits per heavy atom. The van der Waals surface area contributed by atoms with Gasteiger partial charge in [-0.15, -0.1) is 0 Å². The molecule has 1 atom stereocenters. The molecule has 2 nitrogen and oxygen atoms in total. The monoisotopic (exact) mass is 210 g/mol. The predicted molar refractivity (Wildman–Crippen MR) is 65.0 cm³/mol. The van der Waals surface area contributed by atoms with E-state index in [0.717, 1.165) is 5.92 Å². The number of nitrogens with one attached hydrogen (secondary N) is 1. The van der Waals surface area contributed by atoms with E-state index >= 15 is 0 Å². The van der Waals surface area contributed by atoms with Crippen molar-refractivity contribution in [1.82, 2.24) is 10.2 Å². The highest BCUT2D eigenvalue weighted by atomic mass is 15.1. The molecule has 0 radical (unpaired) electrons. The summed E-state index contributed by atoms with van der Waals surface area (Å²) >= 11 is 0. The second-order valence-corrected chi connectivity index (χ2v) is 5.75. The van der Waals surface area contributed by atoms with E-state index in [4.69, 9.17) is 0 Å². The van der Waals surface area contributed by atoms with Crippen molar-refractivity contribution in [2.24, 2.45) is 11.3 Å². The Hall–Kier alpha value is -0.0800. The zero-order valence-corrected chi connectivity index (χ0v) is 10.4. The molecule has 1 unspecified atom stereocenters. The van der Waals surface area contributed by atoms with Gasteiger partial charge in [-0.1, -0.05) is 6.92 Å². The van der Waals surface area contributed by atoms with Gasteiger partial charge in [0.1, 0.15) is 0 Å². The fourth-order valence-electron chi connectivity index (χ4n) is 2.81. The first-order valence-corrected chi connectivity index (χ1v) is 6.63. The molecule has 1 saturated carbocycles. The molecule has 2 heteroatoms. The summed E-state index contributed by atoms with van der Waals surface area (Å²) in [7, 11) is 2.25. The van der Waals surface area contributed by atoms with Crippen LogP contribution in [0, 0.1) is 11.3 Å². The minimum atomic E-state index is 0.709. The maximum absolute atomic E-state index is 3.70. The van der Waals surface area contributed by atoms with Crippen LogP contribution >= 0.6 is 0 Å². The van der Waals surface area contributed by atoms with Crippen molar-refractivity contribution >= 4 is 0 Å². The lowest BCUT2D eigenvalue weighted by Crippen LogP contribution is -2.38. The molecule has 0 aromatic carbocycles. The number of rotatable bonds is 5. The summed E-state index contributed by atoms with van der Waals surface area (Å²) in [6, 6.07) is 0. The molecule has 0 spiro atoms. The van der Waals surface area contributed by atoms with E-state index < -0.39 is 0 Å². The summed E-state index contributed by atoms with van der Waals surface area (Å²) in [4.78, 5) is 2.47. The molecule has 1 saturated heterocycles. The third-order valence-corrected chi connectivity index (χ3v) is 4.36. The molecule has 0 amide bonds. The van der Waals surface area contributed by atoms with Crippen molar-refractivity contribution in [2.45, 2.75) is 39.0 Å². The Morgan fingerprint density at radius 1 is 1.40 bits per heavy atom. The zero-order chi connectivity index (χ0) is 10.7. The fraction of sp³-hybridized carbons (Fsp3) is 1.00. The number of piperidine rings is 1. The summed E-state index contributed by atoms with van der Waals surface area (Å²) in [5.41, 5.74) is 0.709. The van der Waals surface area contributed by atoms with Gasteiger partial charge in [0.25, 0.3) is 0 Å². The average Bonchev–Trinajstić information content (AvgIpc) is 2.99. The summed E-state index contributed by atoms with van der Waals surface area (Å²) in [6.07, 6.45) is 7.10. The van der Waals surface area contributed by atoms with Crippen LogP contribution in [0.15, 0.2) is 0 Å². The Kier molecular flexibility index (Phi) is 3.68. The summed E-state index contributed by atoms with van der Waals surface area (Å²) < 4.78 is 0. The van der Waals surface area contributed by atoms with Crippen molar-refractivity contribution in [1.29, 1.82) is 0 Å². The molecule has 0 bridgehead atoms. The second kappa shape index (κ2) is 4.84. The van der Waals surface area contributed by atoms with Gasteiger partial charge in [0.05, 0.1) is 0 Å². The minimum Gasteiger partial charge on any atom is -0.316 e. The minimum absolute atomic E-state index is 0.709. The van der Waals surface area contributed by atoms with Gasteiger partial charge in [-0.2, -0.15) is 0 Å². The average molecular weight is 210 g/mol. The van der Waals surface area contributed by atoms with Gasteiger partial charge in [-0.05, 0) is 63.6 Å². The van der Waals surface area contributed by atoms with Gasteiger partial charge in [0.2, 0.25) is 0 Å². The van der Waals surface area contributed by atoms with Crippen molar-refractivity contribution in [2.75, 3.05) is 33.2 Å². The SMILES string of the molecule is CCC1(CNCC2CCCN(C)C2)CC1. The van der Waals surface area contributed by atoms with Crippen LogP contribution in [0.5, 0.6) is 0 Å². The summed E-state index contributed by atoms with van der Waals surface area (Å²) in [6.45, 7) is 7.44. The molecule has 2 rings (SSSR count). The molecule has 1 N–H and O–H groups in total. The molecule has 1 heterocycles. The van der Waals surface area contributed by atoms with E-state index in [0.29, 0.717) is 5.41 Å². The van der Waals surface area contributed by atoms with Crippen LogP contribution < -0.4 is 5.32 Å². The van der Waals surface area contributed by atoms with E-state index in [1.54, 1.807) is 0 Å². The Labute approximate surface area is 94.4 Å². The molecule has 2 aliphatic rings. The first kappa shape index (κ1) is 11.4. The van der Waals surface area contributed by atoms with Gasteiger partial charge in [-0.25, -0.2) is 0 Å². The number of hydrogen-bond donors (Lipinski definition) is 1. The third kappa shape index (κ3) is 3.18. The number of likely N-dealkylation sites (tertiary alicyclic amines) is 1. The van der Waals surface area contributed by atoms with E-state index in [9.17, 15) is 0 Å². The lowest BCUT2D eigenvalue weighted by atomic mass is 9.97. The van der Waals surface area contributed by atoms with Crippen LogP contribution in [0.1, 0.15) is 39.0 Å². The Morgan fingerprint density at radius 3 is 2.80 bits per heavy atom. The standard InChI is InChI=1S/C13H26N2/c1-3-13(6-7-13)11-14-9-12-5-4-8-15(2)10-12/h12,14H,3-11H2,1-2H3. The molecule has 15 heavy (non-hydrogen) atoms. The Bertz CT molecular complexity index is 199. The van der Waals surface area contributed by atoms with Gasteiger partial charge in [0.15, 0.2) is 0 Å². The number of nitrogens with zero attached hydrogens (tertiary/aromatic N) is 1. The summed E-state index contributed by atoms with van der Waals surface area (Å²) in [5.74, 6) is 0.899. The van der Waals surface area contributed by atoms with Crippen molar-refractivity contribution in [3.63, 3.8) is 0 Å². The normalized spacial score (nSPS) is 30.4. The molecule has 2 fully saturated rings. The van der Waals surface area contributed by atoms with Gasteiger partial charge < -0.3 is 10.2 Å². The van der Waals surface area contributed by atoms with E-state index in [2.05, 4.69) is 24.2 Å².